The zero-order valence-electron chi connectivity index (χ0n) is 11.0. The molecule has 0 saturated carbocycles. The maximum absolute atomic E-state index is 13.0. The van der Waals surface area contributed by atoms with E-state index < -0.39 is 11.5 Å². The van der Waals surface area contributed by atoms with E-state index in [4.69, 9.17) is 11.6 Å². The third-order valence-electron chi connectivity index (χ3n) is 2.93. The second kappa shape index (κ2) is 5.57. The van der Waals surface area contributed by atoms with E-state index in [2.05, 4.69) is 15.5 Å². The first-order valence-electron chi connectivity index (χ1n) is 6.17. The summed E-state index contributed by atoms with van der Waals surface area (Å²) in [7, 11) is 0. The van der Waals surface area contributed by atoms with Crippen LogP contribution in [-0.4, -0.2) is 31.2 Å². The van der Waals surface area contributed by atoms with Gasteiger partial charge in [0.25, 0.3) is 11.5 Å². The van der Waals surface area contributed by atoms with E-state index in [1.54, 1.807) is 0 Å². The molecule has 3 rings (SSSR count). The predicted octanol–water partition coefficient (Wildman–Crippen LogP) is 1.03. The number of fused-ring (bicyclic) bond motifs is 1. The summed E-state index contributed by atoms with van der Waals surface area (Å²) in [5.74, 6) is -1.19. The van der Waals surface area contributed by atoms with Crippen molar-refractivity contribution in [3.63, 3.8) is 0 Å². The standard InChI is InChI=1S/C13H9ClFN5O2/c14-5-11(21)18-19-7-16-12-10(13(19)22)6-17-20(12)9-3-1-8(15)2-4-9/h1-4,6-7H,5H2,(H,18,21). The quantitative estimate of drug-likeness (QED) is 0.731. The van der Waals surface area contributed by atoms with Crippen LogP contribution < -0.4 is 11.0 Å². The highest BCUT2D eigenvalue weighted by Gasteiger charge is 2.12. The molecule has 0 radical (unpaired) electrons. The molecule has 1 aromatic carbocycles. The van der Waals surface area contributed by atoms with Crippen molar-refractivity contribution in [1.82, 2.24) is 19.4 Å². The molecule has 22 heavy (non-hydrogen) atoms. The molecule has 112 valence electrons. The van der Waals surface area contributed by atoms with Crippen LogP contribution in [0.4, 0.5) is 4.39 Å². The highest BCUT2D eigenvalue weighted by atomic mass is 35.5. The Labute approximate surface area is 127 Å². The van der Waals surface area contributed by atoms with Crippen molar-refractivity contribution in [3.05, 3.63) is 53.0 Å². The summed E-state index contributed by atoms with van der Waals surface area (Å²) in [4.78, 5) is 27.6. The van der Waals surface area contributed by atoms with Gasteiger partial charge >= 0.3 is 0 Å². The first kappa shape index (κ1) is 14.2. The van der Waals surface area contributed by atoms with Crippen LogP contribution in [0.2, 0.25) is 0 Å². The molecule has 2 aromatic heterocycles. The fourth-order valence-corrected chi connectivity index (χ4v) is 1.99. The van der Waals surface area contributed by atoms with Gasteiger partial charge in [-0.3, -0.25) is 15.0 Å². The summed E-state index contributed by atoms with van der Waals surface area (Å²) in [6.07, 6.45) is 2.49. The lowest BCUT2D eigenvalue weighted by atomic mass is 10.3. The summed E-state index contributed by atoms with van der Waals surface area (Å²) in [6.45, 7) is 0. The number of alkyl halides is 1. The van der Waals surface area contributed by atoms with E-state index in [1.807, 2.05) is 0 Å². The third kappa shape index (κ3) is 2.44. The number of benzene rings is 1. The van der Waals surface area contributed by atoms with E-state index in [9.17, 15) is 14.0 Å². The van der Waals surface area contributed by atoms with Gasteiger partial charge in [-0.2, -0.15) is 5.10 Å². The lowest BCUT2D eigenvalue weighted by molar-refractivity contribution is -0.114. The minimum Gasteiger partial charge on any atom is -0.272 e. The average Bonchev–Trinajstić information content (AvgIpc) is 2.95. The zero-order valence-corrected chi connectivity index (χ0v) is 11.8. The highest BCUT2D eigenvalue weighted by molar-refractivity contribution is 6.28. The Hall–Kier alpha value is -2.74. The fraction of sp³-hybridized carbons (Fsp3) is 0.0769. The average molecular weight is 322 g/mol. The van der Waals surface area contributed by atoms with Crippen LogP contribution in [-0.2, 0) is 4.79 Å². The summed E-state index contributed by atoms with van der Waals surface area (Å²) in [5.41, 5.74) is 2.66. The molecular formula is C13H9ClFN5O2. The second-order valence-corrected chi connectivity index (χ2v) is 4.63. The van der Waals surface area contributed by atoms with Crippen LogP contribution in [0.25, 0.3) is 16.7 Å². The second-order valence-electron chi connectivity index (χ2n) is 4.36. The molecular weight excluding hydrogens is 313 g/mol. The molecule has 1 N–H and O–H groups in total. The summed E-state index contributed by atoms with van der Waals surface area (Å²) < 4.78 is 15.3. The Morgan fingerprint density at radius 2 is 2.05 bits per heavy atom. The minimum absolute atomic E-state index is 0.210. The van der Waals surface area contributed by atoms with Gasteiger partial charge in [-0.05, 0) is 24.3 Å². The smallest absolute Gasteiger partial charge is 0.272 e. The largest absolute Gasteiger partial charge is 0.283 e. The Kier molecular flexibility index (Phi) is 3.60. The maximum atomic E-state index is 13.0. The summed E-state index contributed by atoms with van der Waals surface area (Å²) in [5, 5.41) is 4.29. The number of carbonyl (C=O) groups excluding carboxylic acids is 1. The van der Waals surface area contributed by atoms with Crippen molar-refractivity contribution in [2.75, 3.05) is 11.3 Å². The van der Waals surface area contributed by atoms with Gasteiger partial charge in [-0.1, -0.05) is 0 Å². The van der Waals surface area contributed by atoms with Crippen molar-refractivity contribution in [3.8, 4) is 5.69 Å². The van der Waals surface area contributed by atoms with Crippen LogP contribution in [0.3, 0.4) is 0 Å². The van der Waals surface area contributed by atoms with Crippen LogP contribution in [0.5, 0.6) is 0 Å². The van der Waals surface area contributed by atoms with E-state index in [0.717, 1.165) is 11.0 Å². The van der Waals surface area contributed by atoms with Gasteiger partial charge in [0.05, 0.1) is 11.9 Å². The van der Waals surface area contributed by atoms with Crippen molar-refractivity contribution in [2.45, 2.75) is 0 Å². The minimum atomic E-state index is -0.532. The molecule has 0 aliphatic carbocycles. The van der Waals surface area contributed by atoms with Crippen molar-refractivity contribution in [1.29, 1.82) is 0 Å². The number of nitrogens with one attached hydrogen (secondary N) is 1. The molecule has 0 aliphatic rings. The van der Waals surface area contributed by atoms with E-state index >= 15 is 0 Å². The Morgan fingerprint density at radius 3 is 2.73 bits per heavy atom. The molecule has 0 aliphatic heterocycles. The third-order valence-corrected chi connectivity index (χ3v) is 3.17. The number of hydrogen-bond donors (Lipinski definition) is 1. The van der Waals surface area contributed by atoms with Crippen LogP contribution in [0.15, 0.2) is 41.6 Å². The molecule has 1 amide bonds. The van der Waals surface area contributed by atoms with Crippen LogP contribution >= 0.6 is 11.6 Å². The van der Waals surface area contributed by atoms with Gasteiger partial charge < -0.3 is 0 Å². The van der Waals surface area contributed by atoms with Gasteiger partial charge in [-0.15, -0.1) is 11.6 Å². The van der Waals surface area contributed by atoms with Crippen molar-refractivity contribution in [2.24, 2.45) is 0 Å². The van der Waals surface area contributed by atoms with Gasteiger partial charge in [0.15, 0.2) is 5.65 Å². The first-order valence-corrected chi connectivity index (χ1v) is 6.71. The van der Waals surface area contributed by atoms with Gasteiger partial charge in [0, 0.05) is 0 Å². The Morgan fingerprint density at radius 1 is 1.32 bits per heavy atom. The van der Waals surface area contributed by atoms with E-state index in [-0.39, 0.29) is 17.1 Å². The monoisotopic (exact) mass is 321 g/mol. The number of halogens is 2. The van der Waals surface area contributed by atoms with Gasteiger partial charge in [0.2, 0.25) is 0 Å². The number of hydrogen-bond acceptors (Lipinski definition) is 4. The number of carbonyl (C=O) groups is 1. The predicted molar refractivity (Wildman–Crippen MR) is 78.2 cm³/mol. The normalized spacial score (nSPS) is 10.8. The van der Waals surface area contributed by atoms with Crippen LogP contribution in [0, 0.1) is 5.82 Å². The SMILES string of the molecule is O=C(CCl)Nn1cnc2c(cnn2-c2ccc(F)cc2)c1=O. The molecule has 0 bridgehead atoms. The number of nitrogens with zero attached hydrogens (tertiary/aromatic N) is 4. The van der Waals surface area contributed by atoms with Crippen LogP contribution in [0.1, 0.15) is 0 Å². The maximum Gasteiger partial charge on any atom is 0.283 e. The molecule has 0 saturated heterocycles. The highest BCUT2D eigenvalue weighted by Crippen LogP contribution is 2.13. The van der Waals surface area contributed by atoms with Crippen molar-refractivity contribution < 1.29 is 9.18 Å². The molecule has 3 aromatic rings. The Balaban J connectivity index is 2.09. The molecule has 7 nitrogen and oxygen atoms in total. The number of rotatable bonds is 3. The molecule has 9 heteroatoms. The topological polar surface area (TPSA) is 81.8 Å². The fourth-order valence-electron chi connectivity index (χ4n) is 1.93. The summed E-state index contributed by atoms with van der Waals surface area (Å²) >= 11 is 5.37. The molecule has 0 spiro atoms. The molecule has 2 heterocycles. The van der Waals surface area contributed by atoms with E-state index in [1.165, 1.54) is 35.1 Å². The first-order chi connectivity index (χ1) is 10.6. The number of amides is 1. The summed E-state index contributed by atoms with van der Waals surface area (Å²) in [6, 6.07) is 5.60. The van der Waals surface area contributed by atoms with E-state index in [0.29, 0.717) is 11.3 Å². The van der Waals surface area contributed by atoms with Gasteiger partial charge in [0.1, 0.15) is 23.4 Å². The number of aromatic nitrogens is 4. The molecule has 0 fully saturated rings. The lowest BCUT2D eigenvalue weighted by Gasteiger charge is -2.06. The zero-order chi connectivity index (χ0) is 15.7. The molecule has 0 unspecified atom stereocenters. The Bertz CT molecular complexity index is 903. The lowest BCUT2D eigenvalue weighted by Crippen LogP contribution is -2.33. The van der Waals surface area contributed by atoms with Crippen molar-refractivity contribution >= 4 is 28.5 Å². The van der Waals surface area contributed by atoms with Gasteiger partial charge in [-0.25, -0.2) is 18.7 Å². The molecule has 0 atom stereocenters.